The van der Waals surface area contributed by atoms with E-state index in [-0.39, 0.29) is 12.5 Å². The number of ether oxygens (including phenoxy) is 2. The molecule has 0 bridgehead atoms. The van der Waals surface area contributed by atoms with Crippen LogP contribution in [-0.2, 0) is 22.4 Å². The molecule has 2 saturated heterocycles. The molecule has 2 aromatic carbocycles. The first-order valence-corrected chi connectivity index (χ1v) is 17.2. The third-order valence-electron chi connectivity index (χ3n) is 9.38. The van der Waals surface area contributed by atoms with Crippen molar-refractivity contribution in [1.82, 2.24) is 30.0 Å². The number of carbonyl (C=O) groups excluding carboxylic acids is 1. The van der Waals surface area contributed by atoms with E-state index in [2.05, 4.69) is 30.1 Å². The first kappa shape index (κ1) is 36.9. The van der Waals surface area contributed by atoms with Gasteiger partial charge >= 0.3 is 0 Å². The highest BCUT2D eigenvalue weighted by molar-refractivity contribution is 6.33. The second-order valence-electron chi connectivity index (χ2n) is 12.1. The molecule has 11 nitrogen and oxygen atoms in total. The SMILES string of the molecule is [C-]#[N+]C1(c2ccc(Cl)c(OC)c2)CCN(C(=O)Cn2nc(-c3ncccn3)c(Cl)c2C)CC1.[C-]#[N+]C1(c2ccc(Cl)c(OC)c2)CCNCC1. The number of hydrogen-bond donors (Lipinski definition) is 1. The van der Waals surface area contributed by atoms with E-state index in [0.717, 1.165) is 37.1 Å². The van der Waals surface area contributed by atoms with Crippen molar-refractivity contribution in [2.24, 2.45) is 0 Å². The van der Waals surface area contributed by atoms with Gasteiger partial charge in [-0.1, -0.05) is 34.8 Å². The molecule has 14 heteroatoms. The van der Waals surface area contributed by atoms with Crippen LogP contribution in [0.5, 0.6) is 11.5 Å². The number of rotatable bonds is 7. The number of hydrogen-bond acceptors (Lipinski definition) is 7. The van der Waals surface area contributed by atoms with Gasteiger partial charge in [0.25, 0.3) is 11.1 Å². The Labute approximate surface area is 307 Å². The molecule has 0 unspecified atom stereocenters. The zero-order chi connectivity index (χ0) is 35.9. The second-order valence-corrected chi connectivity index (χ2v) is 13.3. The van der Waals surface area contributed by atoms with E-state index in [1.807, 2.05) is 37.3 Å². The van der Waals surface area contributed by atoms with Gasteiger partial charge in [-0.2, -0.15) is 5.10 Å². The Morgan fingerprint density at radius 2 is 1.40 bits per heavy atom. The Hall–Kier alpha value is -4.39. The summed E-state index contributed by atoms with van der Waals surface area (Å²) >= 11 is 18.6. The van der Waals surface area contributed by atoms with Crippen LogP contribution in [0.4, 0.5) is 0 Å². The van der Waals surface area contributed by atoms with Crippen molar-refractivity contribution in [3.05, 3.63) is 110 Å². The van der Waals surface area contributed by atoms with E-state index in [4.69, 9.17) is 57.4 Å². The summed E-state index contributed by atoms with van der Waals surface area (Å²) in [6.45, 7) is 19.9. The Morgan fingerprint density at radius 1 is 0.880 bits per heavy atom. The largest absolute Gasteiger partial charge is 0.495 e. The highest BCUT2D eigenvalue weighted by Gasteiger charge is 2.44. The smallest absolute Gasteiger partial charge is 0.261 e. The number of carbonyl (C=O) groups is 1. The van der Waals surface area contributed by atoms with Crippen LogP contribution in [0, 0.1) is 20.1 Å². The number of nitrogens with one attached hydrogen (secondary N) is 1. The number of likely N-dealkylation sites (tertiary alicyclic amines) is 1. The van der Waals surface area contributed by atoms with Gasteiger partial charge in [-0.3, -0.25) is 9.48 Å². The first-order chi connectivity index (χ1) is 24.1. The molecule has 2 aliphatic rings. The Bertz CT molecular complexity index is 1910. The fraction of sp³-hybridized carbons (Fsp3) is 0.389. The van der Waals surface area contributed by atoms with Crippen LogP contribution in [0.15, 0.2) is 54.9 Å². The number of benzene rings is 2. The van der Waals surface area contributed by atoms with Gasteiger partial charge in [-0.25, -0.2) is 23.1 Å². The molecule has 0 saturated carbocycles. The predicted octanol–water partition coefficient (Wildman–Crippen LogP) is 7.25. The maximum atomic E-state index is 13.0. The number of piperidine rings is 2. The van der Waals surface area contributed by atoms with Crippen molar-refractivity contribution in [1.29, 1.82) is 0 Å². The normalized spacial score (nSPS) is 16.3. The number of nitrogens with zero attached hydrogens (tertiary/aromatic N) is 7. The monoisotopic (exact) mass is 734 g/mol. The summed E-state index contributed by atoms with van der Waals surface area (Å²) in [6.07, 6.45) is 5.95. The van der Waals surface area contributed by atoms with Gasteiger partial charge in [-0.05, 0) is 49.4 Å². The zero-order valence-corrected chi connectivity index (χ0v) is 30.3. The molecular weight excluding hydrogens is 699 g/mol. The quantitative estimate of drug-likeness (QED) is 0.200. The number of halogens is 3. The predicted molar refractivity (Wildman–Crippen MR) is 193 cm³/mol. The van der Waals surface area contributed by atoms with Gasteiger partial charge in [0.15, 0.2) is 5.82 Å². The van der Waals surface area contributed by atoms with Crippen molar-refractivity contribution < 1.29 is 14.3 Å². The summed E-state index contributed by atoms with van der Waals surface area (Å²) in [4.78, 5) is 31.0. The van der Waals surface area contributed by atoms with Crippen LogP contribution >= 0.6 is 34.8 Å². The lowest BCUT2D eigenvalue weighted by atomic mass is 9.81. The molecule has 4 aromatic rings. The Kier molecular flexibility index (Phi) is 11.9. The average Bonchev–Trinajstić information content (AvgIpc) is 3.44. The van der Waals surface area contributed by atoms with Crippen molar-refractivity contribution in [2.75, 3.05) is 40.4 Å². The topological polar surface area (TPSA) is 103 Å². The van der Waals surface area contributed by atoms with E-state index < -0.39 is 11.1 Å². The maximum absolute atomic E-state index is 13.0. The van der Waals surface area contributed by atoms with Crippen LogP contribution < -0.4 is 14.8 Å². The standard InChI is InChI=1S/C23H22Cl2N6O2.C13H15ClN2O/c1-15-20(25)21(22-27-9-4-10-28-22)29-31(15)14-19(32)30-11-7-23(26-2,8-12-30)16-5-6-17(24)18(13-16)33-3;1-15-13(5-7-16-8-6-13)10-3-4-11(14)12(9-10)17-2/h4-6,9-10,13H,7-8,11-12,14H2,1,3H3;3-4,9,16H,5-8H2,2H3. The number of amides is 1. The van der Waals surface area contributed by atoms with E-state index >= 15 is 0 Å². The lowest BCUT2D eigenvalue weighted by Gasteiger charge is -2.34. The van der Waals surface area contributed by atoms with Crippen molar-refractivity contribution in [3.8, 4) is 23.0 Å². The van der Waals surface area contributed by atoms with Gasteiger partial charge in [0.05, 0.1) is 35.0 Å². The van der Waals surface area contributed by atoms with Crippen LogP contribution in [0.1, 0.15) is 42.5 Å². The number of aromatic nitrogens is 4. The highest BCUT2D eigenvalue weighted by atomic mass is 35.5. The van der Waals surface area contributed by atoms with Crippen molar-refractivity contribution in [2.45, 2.75) is 50.2 Å². The van der Waals surface area contributed by atoms with Crippen LogP contribution in [0.25, 0.3) is 21.2 Å². The second kappa shape index (κ2) is 16.1. The third-order valence-corrected chi connectivity index (χ3v) is 10.5. The van der Waals surface area contributed by atoms with E-state index in [1.165, 1.54) is 0 Å². The summed E-state index contributed by atoms with van der Waals surface area (Å²) in [6, 6.07) is 12.8. The summed E-state index contributed by atoms with van der Waals surface area (Å²) in [5.41, 5.74) is 1.86. The molecule has 1 N–H and O–H groups in total. The Balaban J connectivity index is 0.000000240. The zero-order valence-electron chi connectivity index (χ0n) is 28.0. The highest BCUT2D eigenvalue weighted by Crippen LogP contribution is 2.41. The molecule has 260 valence electrons. The van der Waals surface area contributed by atoms with Gasteiger partial charge < -0.3 is 29.4 Å². The van der Waals surface area contributed by atoms with Crippen molar-refractivity contribution >= 4 is 40.7 Å². The number of methoxy groups -OCH3 is 2. The summed E-state index contributed by atoms with van der Waals surface area (Å²) in [5, 5.41) is 9.27. The molecule has 0 radical (unpaired) electrons. The fourth-order valence-corrected chi connectivity index (χ4v) is 6.87. The van der Waals surface area contributed by atoms with E-state index in [1.54, 1.807) is 48.3 Å². The fourth-order valence-electron chi connectivity index (χ4n) is 6.27. The third kappa shape index (κ3) is 7.67. The molecule has 6 rings (SSSR count). The average molecular weight is 736 g/mol. The van der Waals surface area contributed by atoms with Gasteiger partial charge in [0, 0.05) is 75.4 Å². The van der Waals surface area contributed by atoms with Gasteiger partial charge in [-0.15, -0.1) is 0 Å². The van der Waals surface area contributed by atoms with Crippen LogP contribution in [0.2, 0.25) is 15.1 Å². The molecule has 2 aliphatic heterocycles. The molecule has 4 heterocycles. The molecule has 2 fully saturated rings. The van der Waals surface area contributed by atoms with Crippen LogP contribution in [-0.4, -0.2) is 71.0 Å². The van der Waals surface area contributed by atoms with Crippen LogP contribution in [0.3, 0.4) is 0 Å². The minimum absolute atomic E-state index is 0.0537. The minimum atomic E-state index is -0.711. The summed E-state index contributed by atoms with van der Waals surface area (Å²) < 4.78 is 12.1. The van der Waals surface area contributed by atoms with Gasteiger partial charge in [0.2, 0.25) is 5.91 Å². The molecule has 0 atom stereocenters. The summed E-state index contributed by atoms with van der Waals surface area (Å²) in [7, 11) is 3.15. The molecule has 2 aromatic heterocycles. The molecule has 0 aliphatic carbocycles. The van der Waals surface area contributed by atoms with E-state index in [9.17, 15) is 4.79 Å². The van der Waals surface area contributed by atoms with Crippen molar-refractivity contribution in [3.63, 3.8) is 0 Å². The summed E-state index contributed by atoms with van der Waals surface area (Å²) in [5.74, 6) is 1.52. The van der Waals surface area contributed by atoms with Gasteiger partial charge in [0.1, 0.15) is 23.7 Å². The minimum Gasteiger partial charge on any atom is -0.495 e. The lowest BCUT2D eigenvalue weighted by Crippen LogP contribution is -2.45. The molecule has 0 spiro atoms. The Morgan fingerprint density at radius 3 is 1.90 bits per heavy atom. The van der Waals surface area contributed by atoms with E-state index in [0.29, 0.717) is 69.7 Å². The maximum Gasteiger partial charge on any atom is 0.261 e. The molecule has 50 heavy (non-hydrogen) atoms. The molecule has 1 amide bonds. The first-order valence-electron chi connectivity index (χ1n) is 16.0. The lowest BCUT2D eigenvalue weighted by molar-refractivity contribution is -0.133. The molecular formula is C36H37Cl3N8O3.